The van der Waals surface area contributed by atoms with E-state index in [0.29, 0.717) is 18.8 Å². The maximum atomic E-state index is 13.4. The third kappa shape index (κ3) is 3.38. The van der Waals surface area contributed by atoms with Crippen LogP contribution in [0.2, 0.25) is 0 Å². The van der Waals surface area contributed by atoms with Crippen LogP contribution in [0.3, 0.4) is 0 Å². The molecule has 5 heteroatoms. The number of amides is 1. The number of aryl methyl sites for hydroxylation is 2. The SMILES string of the molecule is Cc1nc2c([nH]1)C[C@@H](C(=O)N(Cc1ccccc1)c1ccccn1)CC2. The van der Waals surface area contributed by atoms with Gasteiger partial charge in [-0.2, -0.15) is 0 Å². The number of benzene rings is 1. The summed E-state index contributed by atoms with van der Waals surface area (Å²) in [4.78, 5) is 27.4. The maximum absolute atomic E-state index is 13.4. The van der Waals surface area contributed by atoms with Gasteiger partial charge in [0.15, 0.2) is 0 Å². The van der Waals surface area contributed by atoms with Gasteiger partial charge >= 0.3 is 0 Å². The molecule has 0 unspecified atom stereocenters. The topological polar surface area (TPSA) is 61.9 Å². The third-order valence-electron chi connectivity index (χ3n) is 4.89. The van der Waals surface area contributed by atoms with Gasteiger partial charge in [0.2, 0.25) is 5.91 Å². The molecule has 0 fully saturated rings. The molecule has 2 aromatic heterocycles. The predicted molar refractivity (Wildman–Crippen MR) is 101 cm³/mol. The molecule has 26 heavy (non-hydrogen) atoms. The highest BCUT2D eigenvalue weighted by atomic mass is 16.2. The zero-order chi connectivity index (χ0) is 17.9. The Hall–Kier alpha value is -2.95. The van der Waals surface area contributed by atoms with E-state index in [0.717, 1.165) is 35.6 Å². The molecule has 0 spiro atoms. The van der Waals surface area contributed by atoms with E-state index in [2.05, 4.69) is 15.0 Å². The smallest absolute Gasteiger partial charge is 0.231 e. The van der Waals surface area contributed by atoms with Crippen molar-refractivity contribution in [1.82, 2.24) is 15.0 Å². The van der Waals surface area contributed by atoms with Crippen LogP contribution in [0.1, 0.15) is 29.2 Å². The lowest BCUT2D eigenvalue weighted by Gasteiger charge is -2.28. The van der Waals surface area contributed by atoms with Crippen molar-refractivity contribution in [2.75, 3.05) is 4.90 Å². The molecule has 0 aliphatic heterocycles. The molecule has 1 atom stereocenters. The Labute approximate surface area is 153 Å². The fraction of sp³-hybridized carbons (Fsp3) is 0.286. The molecule has 5 nitrogen and oxygen atoms in total. The number of nitrogens with one attached hydrogen (secondary N) is 1. The van der Waals surface area contributed by atoms with E-state index in [1.54, 1.807) is 6.20 Å². The van der Waals surface area contributed by atoms with Crippen LogP contribution in [0.5, 0.6) is 0 Å². The van der Waals surface area contributed by atoms with E-state index in [1.807, 2.05) is 60.4 Å². The molecule has 0 radical (unpaired) electrons. The summed E-state index contributed by atoms with van der Waals surface area (Å²) in [5.74, 6) is 1.71. The molecule has 2 heterocycles. The Morgan fingerprint density at radius 2 is 2.00 bits per heavy atom. The summed E-state index contributed by atoms with van der Waals surface area (Å²) in [5, 5.41) is 0. The van der Waals surface area contributed by atoms with Crippen molar-refractivity contribution in [1.29, 1.82) is 0 Å². The summed E-state index contributed by atoms with van der Waals surface area (Å²) in [6.07, 6.45) is 4.12. The van der Waals surface area contributed by atoms with Gasteiger partial charge in [0, 0.05) is 24.2 Å². The zero-order valence-electron chi connectivity index (χ0n) is 14.9. The van der Waals surface area contributed by atoms with Crippen LogP contribution in [0, 0.1) is 12.8 Å². The second-order valence-electron chi connectivity index (χ2n) is 6.79. The van der Waals surface area contributed by atoms with Crippen LogP contribution in [0.4, 0.5) is 5.82 Å². The van der Waals surface area contributed by atoms with Crippen LogP contribution < -0.4 is 4.90 Å². The average molecular weight is 346 g/mol. The number of imidazole rings is 1. The monoisotopic (exact) mass is 346 g/mol. The largest absolute Gasteiger partial charge is 0.346 e. The highest BCUT2D eigenvalue weighted by molar-refractivity contribution is 5.94. The summed E-state index contributed by atoms with van der Waals surface area (Å²) in [5.41, 5.74) is 3.31. The molecule has 1 aliphatic rings. The van der Waals surface area contributed by atoms with Gasteiger partial charge in [-0.15, -0.1) is 0 Å². The minimum Gasteiger partial charge on any atom is -0.346 e. The summed E-state index contributed by atoms with van der Waals surface area (Å²) in [6.45, 7) is 2.49. The first-order valence-corrected chi connectivity index (χ1v) is 9.01. The fourth-order valence-electron chi connectivity index (χ4n) is 3.61. The Morgan fingerprint density at radius 1 is 1.19 bits per heavy atom. The predicted octanol–water partition coefficient (Wildman–Crippen LogP) is 3.45. The van der Waals surface area contributed by atoms with Gasteiger partial charge < -0.3 is 4.98 Å². The van der Waals surface area contributed by atoms with Crippen molar-refractivity contribution in [3.05, 3.63) is 77.5 Å². The number of nitrogens with zero attached hydrogens (tertiary/aromatic N) is 3. The summed E-state index contributed by atoms with van der Waals surface area (Å²) in [6, 6.07) is 15.8. The lowest BCUT2D eigenvalue weighted by Crippen LogP contribution is -2.38. The van der Waals surface area contributed by atoms with Crippen molar-refractivity contribution >= 4 is 11.7 Å². The summed E-state index contributed by atoms with van der Waals surface area (Å²) < 4.78 is 0. The van der Waals surface area contributed by atoms with Crippen molar-refractivity contribution in [3.8, 4) is 0 Å². The number of carbonyl (C=O) groups is 1. The third-order valence-corrected chi connectivity index (χ3v) is 4.89. The van der Waals surface area contributed by atoms with E-state index in [9.17, 15) is 4.79 Å². The molecule has 1 N–H and O–H groups in total. The van der Waals surface area contributed by atoms with Crippen LogP contribution in [-0.2, 0) is 24.2 Å². The highest BCUT2D eigenvalue weighted by Crippen LogP contribution is 2.27. The van der Waals surface area contributed by atoms with Crippen molar-refractivity contribution in [2.24, 2.45) is 5.92 Å². The van der Waals surface area contributed by atoms with E-state index in [1.165, 1.54) is 0 Å². The number of hydrogen-bond donors (Lipinski definition) is 1. The molecule has 0 bridgehead atoms. The van der Waals surface area contributed by atoms with Crippen LogP contribution >= 0.6 is 0 Å². The van der Waals surface area contributed by atoms with Gasteiger partial charge in [-0.05, 0) is 37.5 Å². The minimum atomic E-state index is -0.0481. The molecule has 1 aliphatic carbocycles. The molecule has 1 amide bonds. The van der Waals surface area contributed by atoms with Gasteiger partial charge in [-0.1, -0.05) is 36.4 Å². The lowest BCUT2D eigenvalue weighted by atomic mass is 9.88. The van der Waals surface area contributed by atoms with E-state index in [4.69, 9.17) is 0 Å². The molecular formula is C21H22N4O. The van der Waals surface area contributed by atoms with Gasteiger partial charge in [-0.25, -0.2) is 9.97 Å². The minimum absolute atomic E-state index is 0.0481. The second kappa shape index (κ2) is 7.12. The van der Waals surface area contributed by atoms with Gasteiger partial charge in [0.1, 0.15) is 11.6 Å². The Kier molecular flexibility index (Phi) is 4.52. The van der Waals surface area contributed by atoms with Gasteiger partial charge in [-0.3, -0.25) is 9.69 Å². The maximum Gasteiger partial charge on any atom is 0.231 e. The number of fused-ring (bicyclic) bond motifs is 1. The number of rotatable bonds is 4. The number of anilines is 1. The molecule has 132 valence electrons. The van der Waals surface area contributed by atoms with Crippen LogP contribution in [-0.4, -0.2) is 20.9 Å². The summed E-state index contributed by atoms with van der Waals surface area (Å²) in [7, 11) is 0. The Morgan fingerprint density at radius 3 is 2.77 bits per heavy atom. The van der Waals surface area contributed by atoms with E-state index < -0.39 is 0 Å². The number of aromatic amines is 1. The van der Waals surface area contributed by atoms with Crippen molar-refractivity contribution < 1.29 is 4.79 Å². The molecule has 0 saturated heterocycles. The fourth-order valence-corrected chi connectivity index (χ4v) is 3.61. The first kappa shape index (κ1) is 16.5. The molecule has 3 aromatic rings. The number of aromatic nitrogens is 3. The van der Waals surface area contributed by atoms with Crippen molar-refractivity contribution in [2.45, 2.75) is 32.7 Å². The molecule has 0 saturated carbocycles. The lowest BCUT2D eigenvalue weighted by molar-refractivity contribution is -0.122. The van der Waals surface area contributed by atoms with E-state index in [-0.39, 0.29) is 11.8 Å². The van der Waals surface area contributed by atoms with Crippen LogP contribution in [0.15, 0.2) is 54.7 Å². The Bertz CT molecular complexity index is 889. The van der Waals surface area contributed by atoms with Gasteiger partial charge in [0.25, 0.3) is 0 Å². The number of pyridine rings is 1. The second-order valence-corrected chi connectivity index (χ2v) is 6.79. The quantitative estimate of drug-likeness (QED) is 0.787. The number of carbonyl (C=O) groups excluding carboxylic acids is 1. The first-order valence-electron chi connectivity index (χ1n) is 9.01. The molecular weight excluding hydrogens is 324 g/mol. The molecule has 1 aromatic carbocycles. The number of hydrogen-bond acceptors (Lipinski definition) is 3. The first-order chi connectivity index (χ1) is 12.7. The Balaban J connectivity index is 1.60. The van der Waals surface area contributed by atoms with Crippen molar-refractivity contribution in [3.63, 3.8) is 0 Å². The van der Waals surface area contributed by atoms with E-state index >= 15 is 0 Å². The standard InChI is InChI=1S/C21H22N4O/c1-15-23-18-11-10-17(13-19(18)24-15)21(26)25(20-9-5-6-12-22-20)14-16-7-3-2-4-8-16/h2-9,12,17H,10-11,13-14H2,1H3,(H,23,24)/t17-/m0/s1. The number of H-pyrrole nitrogens is 1. The molecule has 4 rings (SSSR count). The normalized spacial score (nSPS) is 16.1. The highest BCUT2D eigenvalue weighted by Gasteiger charge is 2.31. The van der Waals surface area contributed by atoms with Gasteiger partial charge in [0.05, 0.1) is 12.2 Å². The van der Waals surface area contributed by atoms with Crippen LogP contribution in [0.25, 0.3) is 0 Å². The average Bonchev–Trinajstić information content (AvgIpc) is 3.06. The zero-order valence-corrected chi connectivity index (χ0v) is 14.9. The summed E-state index contributed by atoms with van der Waals surface area (Å²) >= 11 is 0.